The summed E-state index contributed by atoms with van der Waals surface area (Å²) in [5, 5.41) is 3.43. The number of unbranched alkanes of at least 4 members (excludes halogenated alkanes) is 1. The van der Waals surface area contributed by atoms with Crippen molar-refractivity contribution in [2.45, 2.75) is 39.2 Å². The van der Waals surface area contributed by atoms with Gasteiger partial charge in [-0.2, -0.15) is 0 Å². The monoisotopic (exact) mass is 329 g/mol. The number of rotatable bonds is 8. The molecule has 0 radical (unpaired) electrons. The van der Waals surface area contributed by atoms with Gasteiger partial charge in [0.05, 0.1) is 14.2 Å². The average Bonchev–Trinajstić information content (AvgIpc) is 2.38. The zero-order chi connectivity index (χ0) is 14.3. The van der Waals surface area contributed by atoms with Gasteiger partial charge in [-0.05, 0) is 31.9 Å². The molecule has 0 heterocycles. The van der Waals surface area contributed by atoms with Crippen LogP contribution in [0.5, 0.6) is 11.5 Å². The number of methoxy groups -OCH3 is 2. The first-order valence-electron chi connectivity index (χ1n) is 6.72. The van der Waals surface area contributed by atoms with E-state index in [1.54, 1.807) is 14.2 Å². The van der Waals surface area contributed by atoms with E-state index in [1.807, 2.05) is 12.1 Å². The first-order chi connectivity index (χ1) is 9.08. The quantitative estimate of drug-likeness (QED) is 0.736. The Kier molecular flexibility index (Phi) is 7.24. The highest BCUT2D eigenvalue weighted by molar-refractivity contribution is 9.10. The van der Waals surface area contributed by atoms with Crippen LogP contribution in [0.25, 0.3) is 0 Å². The number of hydrogen-bond acceptors (Lipinski definition) is 3. The topological polar surface area (TPSA) is 30.5 Å². The molecule has 0 unspecified atom stereocenters. The first-order valence-corrected chi connectivity index (χ1v) is 7.51. The van der Waals surface area contributed by atoms with Crippen LogP contribution < -0.4 is 14.8 Å². The molecule has 1 N–H and O–H groups in total. The van der Waals surface area contributed by atoms with Crippen LogP contribution in [0.1, 0.15) is 32.3 Å². The molecule has 0 atom stereocenters. The summed E-state index contributed by atoms with van der Waals surface area (Å²) < 4.78 is 11.7. The summed E-state index contributed by atoms with van der Waals surface area (Å²) in [6, 6.07) is 4.48. The zero-order valence-corrected chi connectivity index (χ0v) is 13.8. The smallest absolute Gasteiger partial charge is 0.126 e. The van der Waals surface area contributed by atoms with Crippen LogP contribution in [0.4, 0.5) is 0 Å². The molecule has 0 fully saturated rings. The summed E-state index contributed by atoms with van der Waals surface area (Å²) in [7, 11) is 3.36. The summed E-state index contributed by atoms with van der Waals surface area (Å²) in [5.74, 6) is 1.71. The van der Waals surface area contributed by atoms with Gasteiger partial charge in [0.1, 0.15) is 11.5 Å². The van der Waals surface area contributed by atoms with Crippen molar-refractivity contribution in [1.29, 1.82) is 0 Å². The van der Waals surface area contributed by atoms with Gasteiger partial charge in [0.25, 0.3) is 0 Å². The highest BCUT2D eigenvalue weighted by atomic mass is 79.9. The Morgan fingerprint density at radius 1 is 1.16 bits per heavy atom. The fraction of sp³-hybridized carbons (Fsp3) is 0.600. The maximum Gasteiger partial charge on any atom is 0.126 e. The molecule has 0 spiro atoms. The average molecular weight is 330 g/mol. The lowest BCUT2D eigenvalue weighted by atomic mass is 10.1. The predicted molar refractivity (Wildman–Crippen MR) is 83.3 cm³/mol. The third-order valence-electron chi connectivity index (χ3n) is 2.99. The summed E-state index contributed by atoms with van der Waals surface area (Å²) in [5.41, 5.74) is 1.22. The Balaban J connectivity index is 2.57. The van der Waals surface area contributed by atoms with E-state index in [2.05, 4.69) is 35.1 Å². The minimum atomic E-state index is 0.558. The lowest BCUT2D eigenvalue weighted by molar-refractivity contribution is 0.389. The molecule has 1 rings (SSSR count). The van der Waals surface area contributed by atoms with Gasteiger partial charge in [-0.25, -0.2) is 0 Å². The minimum absolute atomic E-state index is 0.558. The number of ether oxygens (including phenoxy) is 2. The van der Waals surface area contributed by atoms with Gasteiger partial charge in [0.15, 0.2) is 0 Å². The fourth-order valence-electron chi connectivity index (χ4n) is 1.95. The van der Waals surface area contributed by atoms with Crippen LogP contribution in [0, 0.1) is 0 Å². The molecular formula is C15H24BrNO2. The molecule has 108 valence electrons. The van der Waals surface area contributed by atoms with Gasteiger partial charge >= 0.3 is 0 Å². The van der Waals surface area contributed by atoms with Gasteiger partial charge in [-0.3, -0.25) is 0 Å². The molecule has 0 saturated heterocycles. The van der Waals surface area contributed by atoms with E-state index in [-0.39, 0.29) is 0 Å². The molecule has 0 bridgehead atoms. The third kappa shape index (κ3) is 5.41. The van der Waals surface area contributed by atoms with Crippen LogP contribution in [-0.4, -0.2) is 26.8 Å². The number of benzene rings is 1. The Bertz CT molecular complexity index is 394. The van der Waals surface area contributed by atoms with E-state index in [0.29, 0.717) is 6.04 Å². The third-order valence-corrected chi connectivity index (χ3v) is 3.70. The van der Waals surface area contributed by atoms with Crippen molar-refractivity contribution in [3.05, 3.63) is 22.2 Å². The van der Waals surface area contributed by atoms with E-state index >= 15 is 0 Å². The molecule has 3 nitrogen and oxygen atoms in total. The molecule has 0 aliphatic rings. The Morgan fingerprint density at radius 3 is 2.47 bits per heavy atom. The van der Waals surface area contributed by atoms with Crippen molar-refractivity contribution < 1.29 is 9.47 Å². The number of hydrogen-bond donors (Lipinski definition) is 1. The number of halogens is 1. The van der Waals surface area contributed by atoms with E-state index < -0.39 is 0 Å². The molecule has 1 aromatic carbocycles. The summed E-state index contributed by atoms with van der Waals surface area (Å²) in [6.45, 7) is 5.40. The van der Waals surface area contributed by atoms with Crippen LogP contribution in [-0.2, 0) is 6.42 Å². The minimum Gasteiger partial charge on any atom is -0.497 e. The summed E-state index contributed by atoms with van der Waals surface area (Å²) >= 11 is 3.60. The van der Waals surface area contributed by atoms with Crippen LogP contribution in [0.2, 0.25) is 0 Å². The lowest BCUT2D eigenvalue weighted by Crippen LogP contribution is -2.23. The van der Waals surface area contributed by atoms with Crippen molar-refractivity contribution in [3.63, 3.8) is 0 Å². The van der Waals surface area contributed by atoms with E-state index in [1.165, 1.54) is 12.0 Å². The molecule has 0 aromatic heterocycles. The zero-order valence-electron chi connectivity index (χ0n) is 12.3. The normalized spacial score (nSPS) is 10.8. The van der Waals surface area contributed by atoms with Gasteiger partial charge in [-0.15, -0.1) is 0 Å². The van der Waals surface area contributed by atoms with Crippen molar-refractivity contribution in [3.8, 4) is 11.5 Å². The van der Waals surface area contributed by atoms with E-state index in [9.17, 15) is 0 Å². The van der Waals surface area contributed by atoms with Gasteiger partial charge in [0.2, 0.25) is 0 Å². The van der Waals surface area contributed by atoms with Crippen molar-refractivity contribution >= 4 is 15.9 Å². The van der Waals surface area contributed by atoms with E-state index in [0.717, 1.165) is 35.4 Å². The molecule has 0 aliphatic heterocycles. The highest BCUT2D eigenvalue weighted by Gasteiger charge is 2.10. The van der Waals surface area contributed by atoms with Crippen LogP contribution >= 0.6 is 15.9 Å². The first kappa shape index (κ1) is 16.3. The fourth-order valence-corrected chi connectivity index (χ4v) is 2.57. The molecule has 0 aliphatic carbocycles. The van der Waals surface area contributed by atoms with Crippen LogP contribution in [0.3, 0.4) is 0 Å². The predicted octanol–water partition coefficient (Wildman–Crippen LogP) is 3.79. The van der Waals surface area contributed by atoms with Crippen molar-refractivity contribution in [2.75, 3.05) is 20.8 Å². The largest absolute Gasteiger partial charge is 0.497 e. The second-order valence-corrected chi connectivity index (χ2v) is 5.71. The summed E-state index contributed by atoms with van der Waals surface area (Å²) in [6.07, 6.45) is 3.31. The van der Waals surface area contributed by atoms with Crippen molar-refractivity contribution in [1.82, 2.24) is 5.32 Å². The Morgan fingerprint density at radius 2 is 1.89 bits per heavy atom. The van der Waals surface area contributed by atoms with Crippen molar-refractivity contribution in [2.24, 2.45) is 0 Å². The highest BCUT2D eigenvalue weighted by Crippen LogP contribution is 2.33. The second kappa shape index (κ2) is 8.43. The standard InChI is InChI=1S/C15H24BrNO2/c1-11(2)17-8-6-5-7-13-14(16)9-12(18-3)10-15(13)19-4/h9-11,17H,5-8H2,1-4H3. The Hall–Kier alpha value is -0.740. The molecule has 1 aromatic rings. The molecule has 19 heavy (non-hydrogen) atoms. The SMILES string of the molecule is COc1cc(Br)c(CCCCNC(C)C)c(OC)c1. The maximum atomic E-state index is 5.44. The van der Waals surface area contributed by atoms with Crippen LogP contribution in [0.15, 0.2) is 16.6 Å². The van der Waals surface area contributed by atoms with Gasteiger partial charge in [0, 0.05) is 22.1 Å². The molecular weight excluding hydrogens is 306 g/mol. The lowest BCUT2D eigenvalue weighted by Gasteiger charge is -2.13. The molecule has 0 amide bonds. The number of nitrogens with one attached hydrogen (secondary N) is 1. The maximum absolute atomic E-state index is 5.44. The van der Waals surface area contributed by atoms with Gasteiger partial charge in [-0.1, -0.05) is 29.8 Å². The Labute approximate surface area is 124 Å². The molecule has 0 saturated carbocycles. The van der Waals surface area contributed by atoms with E-state index in [4.69, 9.17) is 9.47 Å². The molecule has 4 heteroatoms. The second-order valence-electron chi connectivity index (χ2n) is 4.86. The summed E-state index contributed by atoms with van der Waals surface area (Å²) in [4.78, 5) is 0. The van der Waals surface area contributed by atoms with Gasteiger partial charge < -0.3 is 14.8 Å².